The summed E-state index contributed by atoms with van der Waals surface area (Å²) in [5, 5.41) is 15.6. The van der Waals surface area contributed by atoms with Crippen LogP contribution in [0.5, 0.6) is 5.75 Å². The van der Waals surface area contributed by atoms with Crippen LogP contribution in [0.3, 0.4) is 0 Å². The number of ether oxygens (including phenoxy) is 1. The third-order valence-corrected chi connectivity index (χ3v) is 6.42. The van der Waals surface area contributed by atoms with E-state index in [1.165, 1.54) is 16.8 Å². The van der Waals surface area contributed by atoms with Crippen LogP contribution in [0.1, 0.15) is 22.5 Å². The van der Waals surface area contributed by atoms with Crippen molar-refractivity contribution in [1.29, 1.82) is 5.41 Å². The van der Waals surface area contributed by atoms with Crippen molar-refractivity contribution in [3.63, 3.8) is 0 Å². The van der Waals surface area contributed by atoms with Gasteiger partial charge in [-0.1, -0.05) is 0 Å². The number of aryl methyl sites for hydroxylation is 1. The lowest BCUT2D eigenvalue weighted by Crippen LogP contribution is -2.35. The molecule has 0 unspecified atom stereocenters. The number of nitrogens with one attached hydrogen (secondary N) is 1. The van der Waals surface area contributed by atoms with Crippen molar-refractivity contribution >= 4 is 39.8 Å². The second kappa shape index (κ2) is 8.18. The Morgan fingerprint density at radius 1 is 1.15 bits per heavy atom. The summed E-state index contributed by atoms with van der Waals surface area (Å²) in [6.07, 6.45) is 5.10. The lowest BCUT2D eigenvalue weighted by atomic mass is 10.1. The van der Waals surface area contributed by atoms with Gasteiger partial charge in [-0.25, -0.2) is 0 Å². The molecule has 0 spiro atoms. The number of thioether (sulfide) groups is 1. The molecule has 9 heteroatoms. The average molecular weight is 457 g/mol. The zero-order chi connectivity index (χ0) is 23.1. The van der Waals surface area contributed by atoms with Crippen molar-refractivity contribution in [2.24, 2.45) is 10.1 Å². The van der Waals surface area contributed by atoms with Gasteiger partial charge in [0.05, 0.1) is 12.7 Å². The first-order valence-corrected chi connectivity index (χ1v) is 11.0. The van der Waals surface area contributed by atoms with Gasteiger partial charge < -0.3 is 9.30 Å². The SMILES string of the molecule is COc1ccc(-n2c(C)cc(/C=C3\C(=N)N4N=C(c5cccnc5)SC4=NC3=O)c2C)cc1. The molecular formula is C24H20N6O2S. The van der Waals surface area contributed by atoms with E-state index in [-0.39, 0.29) is 11.4 Å². The highest BCUT2D eigenvalue weighted by Gasteiger charge is 2.36. The summed E-state index contributed by atoms with van der Waals surface area (Å²) in [6, 6.07) is 13.5. The van der Waals surface area contributed by atoms with Crippen LogP contribution in [-0.4, -0.2) is 43.6 Å². The highest BCUT2D eigenvalue weighted by molar-refractivity contribution is 8.27. The fourth-order valence-corrected chi connectivity index (χ4v) is 4.70. The first-order chi connectivity index (χ1) is 16.0. The van der Waals surface area contributed by atoms with Crippen LogP contribution in [-0.2, 0) is 4.79 Å². The minimum Gasteiger partial charge on any atom is -0.497 e. The molecule has 164 valence electrons. The molecule has 0 atom stereocenters. The number of amidine groups is 2. The fourth-order valence-electron chi connectivity index (χ4n) is 3.82. The van der Waals surface area contributed by atoms with Gasteiger partial charge in [-0.2, -0.15) is 15.1 Å². The summed E-state index contributed by atoms with van der Waals surface area (Å²) in [6.45, 7) is 3.99. The van der Waals surface area contributed by atoms with E-state index in [2.05, 4.69) is 19.6 Å². The highest BCUT2D eigenvalue weighted by atomic mass is 32.2. The average Bonchev–Trinajstić information content (AvgIpc) is 3.38. The molecular weight excluding hydrogens is 436 g/mol. The van der Waals surface area contributed by atoms with E-state index in [0.29, 0.717) is 10.2 Å². The Morgan fingerprint density at radius 2 is 1.94 bits per heavy atom. The van der Waals surface area contributed by atoms with Crippen LogP contribution in [0, 0.1) is 19.3 Å². The molecule has 0 bridgehead atoms. The maximum atomic E-state index is 12.8. The Hall–Kier alpha value is -3.98. The van der Waals surface area contributed by atoms with E-state index >= 15 is 0 Å². The monoisotopic (exact) mass is 456 g/mol. The van der Waals surface area contributed by atoms with Gasteiger partial charge in [0.15, 0.2) is 5.84 Å². The smallest absolute Gasteiger partial charge is 0.283 e. The topological polar surface area (TPSA) is 95.9 Å². The maximum Gasteiger partial charge on any atom is 0.283 e. The highest BCUT2D eigenvalue weighted by Crippen LogP contribution is 2.31. The number of carbonyl (C=O) groups excluding carboxylic acids is 1. The van der Waals surface area contributed by atoms with E-state index in [1.54, 1.807) is 25.6 Å². The summed E-state index contributed by atoms with van der Waals surface area (Å²) in [5.74, 6) is 0.342. The van der Waals surface area contributed by atoms with Crippen molar-refractivity contribution < 1.29 is 9.53 Å². The number of benzene rings is 1. The maximum absolute atomic E-state index is 12.8. The van der Waals surface area contributed by atoms with E-state index < -0.39 is 5.91 Å². The number of hydrazone groups is 1. The number of fused-ring (bicyclic) bond motifs is 1. The Bertz CT molecular complexity index is 1370. The summed E-state index contributed by atoms with van der Waals surface area (Å²) in [7, 11) is 1.64. The Kier molecular flexibility index (Phi) is 5.18. The van der Waals surface area contributed by atoms with Gasteiger partial charge in [-0.3, -0.25) is 15.2 Å². The number of amides is 1. The third-order valence-electron chi connectivity index (χ3n) is 5.46. The molecule has 0 aliphatic carbocycles. The molecule has 2 aliphatic rings. The zero-order valence-electron chi connectivity index (χ0n) is 18.2. The van der Waals surface area contributed by atoms with Crippen molar-refractivity contribution in [2.45, 2.75) is 13.8 Å². The zero-order valence-corrected chi connectivity index (χ0v) is 19.1. The quantitative estimate of drug-likeness (QED) is 0.595. The molecule has 8 nitrogen and oxygen atoms in total. The van der Waals surface area contributed by atoms with E-state index in [1.807, 2.05) is 56.3 Å². The molecule has 3 aromatic rings. The van der Waals surface area contributed by atoms with Gasteiger partial charge in [-0.05, 0) is 79.7 Å². The second-order valence-electron chi connectivity index (χ2n) is 7.53. The predicted molar refractivity (Wildman–Crippen MR) is 130 cm³/mol. The van der Waals surface area contributed by atoms with Gasteiger partial charge in [0.1, 0.15) is 10.8 Å². The molecule has 5 rings (SSSR count). The first kappa shape index (κ1) is 20.9. The minimum atomic E-state index is -0.448. The number of methoxy groups -OCH3 is 1. The van der Waals surface area contributed by atoms with Crippen molar-refractivity contribution in [1.82, 2.24) is 14.6 Å². The number of aromatic nitrogens is 2. The van der Waals surface area contributed by atoms with Crippen molar-refractivity contribution in [2.75, 3.05) is 7.11 Å². The van der Waals surface area contributed by atoms with Gasteiger partial charge in [-0.15, -0.1) is 0 Å². The predicted octanol–water partition coefficient (Wildman–Crippen LogP) is 4.17. The van der Waals surface area contributed by atoms with Gasteiger partial charge >= 0.3 is 0 Å². The standard InChI is InChI=1S/C24H20N6O2S/c1-14-11-17(15(2)29(14)18-6-8-19(32-3)9-7-18)12-20-21(25)30-24(27-22(20)31)33-23(28-30)16-5-4-10-26-13-16/h4-13,25H,1-3H3/b20-12+,25-21?. The van der Waals surface area contributed by atoms with E-state index in [4.69, 9.17) is 10.1 Å². The number of rotatable bonds is 4. The number of aliphatic imine (C=N–C) groups is 1. The molecule has 0 saturated heterocycles. The van der Waals surface area contributed by atoms with Gasteiger partial charge in [0.25, 0.3) is 5.91 Å². The molecule has 4 heterocycles. The summed E-state index contributed by atoms with van der Waals surface area (Å²) in [4.78, 5) is 21.1. The molecule has 1 N–H and O–H groups in total. The molecule has 1 aromatic carbocycles. The Morgan fingerprint density at radius 3 is 2.64 bits per heavy atom. The molecule has 0 radical (unpaired) electrons. The molecule has 33 heavy (non-hydrogen) atoms. The van der Waals surface area contributed by atoms with Crippen LogP contribution in [0.15, 0.2) is 70.5 Å². The normalized spacial score (nSPS) is 16.7. The van der Waals surface area contributed by atoms with Crippen LogP contribution >= 0.6 is 11.8 Å². The lowest BCUT2D eigenvalue weighted by molar-refractivity contribution is -0.114. The summed E-state index contributed by atoms with van der Waals surface area (Å²) >= 11 is 1.26. The number of nitrogens with zero attached hydrogens (tertiary/aromatic N) is 5. The van der Waals surface area contributed by atoms with Crippen molar-refractivity contribution in [3.05, 3.63) is 82.9 Å². The largest absolute Gasteiger partial charge is 0.497 e. The van der Waals surface area contributed by atoms with Crippen LogP contribution in [0.4, 0.5) is 0 Å². The summed E-state index contributed by atoms with van der Waals surface area (Å²) in [5.41, 5.74) is 4.81. The molecule has 2 aromatic heterocycles. The Balaban J connectivity index is 1.50. The Labute approximate surface area is 194 Å². The van der Waals surface area contributed by atoms with Crippen molar-refractivity contribution in [3.8, 4) is 11.4 Å². The second-order valence-corrected chi connectivity index (χ2v) is 8.48. The van der Waals surface area contributed by atoms with Crippen LogP contribution in [0.25, 0.3) is 11.8 Å². The van der Waals surface area contributed by atoms with E-state index in [0.717, 1.165) is 34.0 Å². The lowest BCUT2D eigenvalue weighted by Gasteiger charge is -2.20. The first-order valence-electron chi connectivity index (χ1n) is 10.2. The number of carbonyl (C=O) groups is 1. The van der Waals surface area contributed by atoms with E-state index in [9.17, 15) is 4.79 Å². The molecule has 0 saturated carbocycles. The van der Waals surface area contributed by atoms with Gasteiger partial charge in [0.2, 0.25) is 5.17 Å². The molecule has 0 fully saturated rings. The van der Waals surface area contributed by atoms with Crippen LogP contribution < -0.4 is 4.74 Å². The molecule has 1 amide bonds. The summed E-state index contributed by atoms with van der Waals surface area (Å²) < 4.78 is 7.35. The number of pyridine rings is 1. The third kappa shape index (κ3) is 3.66. The number of hydrogen-bond donors (Lipinski definition) is 1. The number of hydrogen-bond acceptors (Lipinski definition) is 6. The molecule has 2 aliphatic heterocycles. The minimum absolute atomic E-state index is 0.00522. The fraction of sp³-hybridized carbons (Fsp3) is 0.125. The van der Waals surface area contributed by atoms with Crippen LogP contribution in [0.2, 0.25) is 0 Å². The van der Waals surface area contributed by atoms with Gasteiger partial charge in [0, 0.05) is 35.0 Å².